The van der Waals surface area contributed by atoms with E-state index in [-0.39, 0.29) is 17.7 Å². The van der Waals surface area contributed by atoms with E-state index in [9.17, 15) is 0 Å². The van der Waals surface area contributed by atoms with Crippen LogP contribution < -0.4 is 5.73 Å². The van der Waals surface area contributed by atoms with Crippen molar-refractivity contribution in [3.63, 3.8) is 0 Å². The van der Waals surface area contributed by atoms with E-state index in [1.54, 1.807) is 0 Å². The lowest BCUT2D eigenvalue weighted by Crippen LogP contribution is -2.23. The van der Waals surface area contributed by atoms with E-state index in [4.69, 9.17) is 5.73 Å². The zero-order chi connectivity index (χ0) is 15.9. The van der Waals surface area contributed by atoms with Gasteiger partial charge >= 0.3 is 0 Å². The summed E-state index contributed by atoms with van der Waals surface area (Å²) in [7, 11) is 0. The molecule has 0 aliphatic rings. The van der Waals surface area contributed by atoms with Crippen molar-refractivity contribution in [1.29, 1.82) is 0 Å². The number of thiol groups is 1. The summed E-state index contributed by atoms with van der Waals surface area (Å²) in [5, 5.41) is 0. The van der Waals surface area contributed by atoms with Gasteiger partial charge in [-0.05, 0) is 25.8 Å². The average Bonchev–Trinajstić information content (AvgIpc) is 2.31. The molecule has 4 N–H and O–H groups in total. The number of nitrogens with zero attached hydrogens (tertiary/aromatic N) is 1. The Balaban J connectivity index is -0.0000000813. The van der Waals surface area contributed by atoms with Crippen molar-refractivity contribution in [1.82, 2.24) is 0 Å². The maximum Gasteiger partial charge on any atom is 0.0361 e. The second kappa shape index (κ2) is 18.7. The lowest BCUT2D eigenvalue weighted by atomic mass is 10.0. The van der Waals surface area contributed by atoms with Gasteiger partial charge in [0.25, 0.3) is 0 Å². The molecule has 0 radical (unpaired) electrons. The third-order valence-electron chi connectivity index (χ3n) is 1.78. The van der Waals surface area contributed by atoms with Crippen LogP contribution in [0, 0.1) is 0 Å². The van der Waals surface area contributed by atoms with E-state index < -0.39 is 0 Å². The Morgan fingerprint density at radius 1 is 1.30 bits per heavy atom. The first-order chi connectivity index (χ1) is 8.76. The minimum absolute atomic E-state index is 0. The molecule has 0 saturated carbocycles. The van der Waals surface area contributed by atoms with Gasteiger partial charge in [0.2, 0.25) is 0 Å². The van der Waals surface area contributed by atoms with E-state index in [0.717, 1.165) is 25.0 Å². The molecule has 0 rings (SSSR count). The monoisotopic (exact) mass is 308 g/mol. The van der Waals surface area contributed by atoms with Gasteiger partial charge in [0.05, 0.1) is 0 Å². The van der Waals surface area contributed by atoms with Crippen LogP contribution in [-0.4, -0.2) is 29.0 Å². The molecule has 4 heteroatoms. The van der Waals surface area contributed by atoms with Crippen LogP contribution in [-0.2, 0) is 0 Å². The Morgan fingerprint density at radius 3 is 1.95 bits per heavy atom. The molecule has 0 aromatic rings. The SMILES string of the molecule is C/C=C(\C=NCC)C(N)CCC.CC.CC(C)(C)S.O.[HH]. The highest BCUT2D eigenvalue weighted by molar-refractivity contribution is 7.81. The van der Waals surface area contributed by atoms with Crippen molar-refractivity contribution >= 4 is 18.8 Å². The first kappa shape index (κ1) is 27.9. The van der Waals surface area contributed by atoms with Gasteiger partial charge in [0.1, 0.15) is 0 Å². The zero-order valence-electron chi connectivity index (χ0n) is 14.8. The third kappa shape index (κ3) is 30.6. The van der Waals surface area contributed by atoms with Crippen LogP contribution >= 0.6 is 12.6 Å². The largest absolute Gasteiger partial charge is 0.412 e. The Bertz CT molecular complexity index is 233. The molecule has 3 nitrogen and oxygen atoms in total. The third-order valence-corrected chi connectivity index (χ3v) is 1.78. The standard InChI is InChI=1S/C10H20N2.C4H10S.C2H6.H2O.H2/c1-4-7-10(11)9(5-2)8-12-6-3;1-4(2,3)5;1-2;;/h5,8,10H,4,6-7,11H2,1-3H3;5H,1-3H3;1-2H3;1H2;1H/b9-5+,12-8?;;;;. The topological polar surface area (TPSA) is 69.9 Å². The molecule has 0 aromatic heterocycles. The molecule has 1 atom stereocenters. The summed E-state index contributed by atoms with van der Waals surface area (Å²) < 4.78 is 0.194. The van der Waals surface area contributed by atoms with Crippen LogP contribution in [0.4, 0.5) is 0 Å². The van der Waals surface area contributed by atoms with Crippen LogP contribution in [0.3, 0.4) is 0 Å². The molecule has 126 valence electrons. The van der Waals surface area contributed by atoms with Crippen molar-refractivity contribution in [3.05, 3.63) is 11.6 Å². The molecule has 20 heavy (non-hydrogen) atoms. The summed E-state index contributed by atoms with van der Waals surface area (Å²) in [5.41, 5.74) is 7.07. The highest BCUT2D eigenvalue weighted by Gasteiger charge is 2.03. The quantitative estimate of drug-likeness (QED) is 0.576. The summed E-state index contributed by atoms with van der Waals surface area (Å²) in [6, 6.07) is 0.162. The van der Waals surface area contributed by atoms with E-state index >= 15 is 0 Å². The van der Waals surface area contributed by atoms with E-state index in [1.165, 1.54) is 0 Å². The van der Waals surface area contributed by atoms with Gasteiger partial charge in [-0.2, -0.15) is 12.6 Å². The molecule has 1 unspecified atom stereocenters. The minimum atomic E-state index is 0. The van der Waals surface area contributed by atoms with Crippen LogP contribution in [0.5, 0.6) is 0 Å². The van der Waals surface area contributed by atoms with Crippen LogP contribution in [0.25, 0.3) is 0 Å². The molecule has 0 aliphatic carbocycles. The summed E-state index contributed by atoms with van der Waals surface area (Å²) in [6.45, 7) is 17.2. The fraction of sp³-hybridized carbons (Fsp3) is 0.812. The fourth-order valence-corrected chi connectivity index (χ4v) is 1.06. The van der Waals surface area contributed by atoms with E-state index in [2.05, 4.69) is 45.3 Å². The van der Waals surface area contributed by atoms with Crippen molar-refractivity contribution < 1.29 is 6.90 Å². The molecule has 0 aromatic carbocycles. The van der Waals surface area contributed by atoms with Gasteiger partial charge in [0, 0.05) is 25.0 Å². The van der Waals surface area contributed by atoms with Crippen molar-refractivity contribution in [2.45, 2.75) is 79.0 Å². The molecule has 0 heterocycles. The first-order valence-corrected chi connectivity index (χ1v) is 7.84. The van der Waals surface area contributed by atoms with Gasteiger partial charge in [-0.15, -0.1) is 0 Å². The fourth-order valence-electron chi connectivity index (χ4n) is 1.06. The number of hydrogen-bond donors (Lipinski definition) is 2. The molecule has 0 aliphatic heterocycles. The lowest BCUT2D eigenvalue weighted by molar-refractivity contribution is 0.690. The van der Waals surface area contributed by atoms with Gasteiger partial charge in [0.15, 0.2) is 0 Å². The van der Waals surface area contributed by atoms with E-state index in [0.29, 0.717) is 0 Å². The first-order valence-electron chi connectivity index (χ1n) is 7.40. The summed E-state index contributed by atoms with van der Waals surface area (Å²) in [5.74, 6) is 0. The molecule has 0 spiro atoms. The van der Waals surface area contributed by atoms with Crippen molar-refractivity contribution in [2.75, 3.05) is 6.54 Å². The Labute approximate surface area is 134 Å². The van der Waals surface area contributed by atoms with Crippen LogP contribution in [0.2, 0.25) is 0 Å². The number of allylic oxidation sites excluding steroid dienone is 1. The number of rotatable bonds is 5. The predicted octanol–water partition coefficient (Wildman–Crippen LogP) is 4.31. The Kier molecular flexibility index (Phi) is 26.1. The van der Waals surface area contributed by atoms with Gasteiger partial charge in [-0.3, -0.25) is 4.99 Å². The predicted molar refractivity (Wildman–Crippen MR) is 101 cm³/mol. The number of hydrogen-bond acceptors (Lipinski definition) is 3. The zero-order valence-corrected chi connectivity index (χ0v) is 15.7. The highest BCUT2D eigenvalue weighted by Crippen LogP contribution is 2.07. The molecular weight excluding hydrogens is 268 g/mol. The second-order valence-electron chi connectivity index (χ2n) is 4.98. The van der Waals surface area contributed by atoms with Crippen molar-refractivity contribution in [2.24, 2.45) is 10.7 Å². The molecule has 0 bridgehead atoms. The lowest BCUT2D eigenvalue weighted by Gasteiger charge is -2.10. The smallest absolute Gasteiger partial charge is 0.0361 e. The van der Waals surface area contributed by atoms with Gasteiger partial charge in [-0.1, -0.05) is 54.0 Å². The van der Waals surface area contributed by atoms with Gasteiger partial charge in [-0.25, -0.2) is 0 Å². The highest BCUT2D eigenvalue weighted by atomic mass is 32.1. The summed E-state index contributed by atoms with van der Waals surface area (Å²) in [4.78, 5) is 4.17. The maximum atomic E-state index is 5.92. The van der Waals surface area contributed by atoms with Crippen molar-refractivity contribution in [3.8, 4) is 0 Å². The average molecular weight is 309 g/mol. The van der Waals surface area contributed by atoms with Gasteiger partial charge < -0.3 is 11.2 Å². The maximum absolute atomic E-state index is 5.92. The van der Waals surface area contributed by atoms with Crippen LogP contribution in [0.1, 0.15) is 69.7 Å². The van der Waals surface area contributed by atoms with E-state index in [1.807, 2.05) is 40.0 Å². The summed E-state index contributed by atoms with van der Waals surface area (Å²) >= 11 is 4.12. The summed E-state index contributed by atoms with van der Waals surface area (Å²) in [6.07, 6.45) is 6.09. The Morgan fingerprint density at radius 2 is 1.70 bits per heavy atom. The Hall–Kier alpha value is -0.320. The molecule has 0 amide bonds. The van der Waals surface area contributed by atoms with Crippen LogP contribution in [0.15, 0.2) is 16.6 Å². The molecular formula is C16H40N2OS. The molecule has 0 saturated heterocycles. The second-order valence-corrected chi connectivity index (χ2v) is 6.32. The molecule has 0 fully saturated rings. The number of nitrogens with two attached hydrogens (primary N) is 1. The number of aliphatic imine (C=N–C) groups is 1. The normalized spacial score (nSPS) is 12.6. The minimum Gasteiger partial charge on any atom is -0.412 e.